The zero-order chi connectivity index (χ0) is 14.7. The molecule has 1 saturated heterocycles. The predicted molar refractivity (Wildman–Crippen MR) is 76.7 cm³/mol. The van der Waals surface area contributed by atoms with E-state index in [1.807, 2.05) is 11.8 Å². The number of aryl methyl sites for hydroxylation is 1. The molecule has 108 valence electrons. The summed E-state index contributed by atoms with van der Waals surface area (Å²) in [6.45, 7) is 4.88. The molecule has 1 aliphatic heterocycles. The number of anilines is 1. The second-order valence-electron chi connectivity index (χ2n) is 5.20. The first-order valence-electron chi connectivity index (χ1n) is 6.74. The summed E-state index contributed by atoms with van der Waals surface area (Å²) in [5, 5.41) is 14.3. The van der Waals surface area contributed by atoms with Gasteiger partial charge in [0.05, 0.1) is 4.92 Å². The van der Waals surface area contributed by atoms with Crippen molar-refractivity contribution in [2.45, 2.75) is 32.7 Å². The van der Waals surface area contributed by atoms with Gasteiger partial charge in [0.15, 0.2) is 0 Å². The molecule has 1 aromatic rings. The molecule has 1 N–H and O–H groups in total. The van der Waals surface area contributed by atoms with E-state index in [2.05, 4.69) is 5.32 Å². The molecule has 0 atom stereocenters. The number of likely N-dealkylation sites (tertiary alicyclic amines) is 1. The van der Waals surface area contributed by atoms with Crippen LogP contribution in [0.25, 0.3) is 0 Å². The van der Waals surface area contributed by atoms with E-state index in [1.54, 1.807) is 19.1 Å². The molecule has 2 rings (SSSR count). The largest absolute Gasteiger partial charge is 0.377 e. The number of nitro groups is 1. The fourth-order valence-corrected chi connectivity index (χ4v) is 2.48. The highest BCUT2D eigenvalue weighted by Crippen LogP contribution is 2.27. The van der Waals surface area contributed by atoms with E-state index in [4.69, 9.17) is 0 Å². The zero-order valence-corrected chi connectivity index (χ0v) is 11.8. The molecule has 0 radical (unpaired) electrons. The highest BCUT2D eigenvalue weighted by atomic mass is 16.6. The van der Waals surface area contributed by atoms with Gasteiger partial charge in [0.2, 0.25) is 5.91 Å². The third kappa shape index (κ3) is 3.26. The molecular weight excluding hydrogens is 258 g/mol. The number of hydrogen-bond acceptors (Lipinski definition) is 4. The number of rotatable bonds is 3. The van der Waals surface area contributed by atoms with Crippen LogP contribution in [-0.4, -0.2) is 34.9 Å². The molecule has 0 saturated carbocycles. The molecule has 20 heavy (non-hydrogen) atoms. The molecule has 1 amide bonds. The van der Waals surface area contributed by atoms with E-state index in [0.29, 0.717) is 18.8 Å². The van der Waals surface area contributed by atoms with Gasteiger partial charge >= 0.3 is 0 Å². The fourth-order valence-electron chi connectivity index (χ4n) is 2.48. The average Bonchev–Trinajstić information content (AvgIpc) is 2.39. The van der Waals surface area contributed by atoms with E-state index in [9.17, 15) is 14.9 Å². The Bertz CT molecular complexity index is 522. The standard InChI is InChI=1S/C14H19N3O3/c1-10-3-4-14(17(19)20)13(9-10)15-12-5-7-16(8-6-12)11(2)18/h3-4,9,12,15H,5-8H2,1-2H3. The van der Waals surface area contributed by atoms with Crippen LogP contribution in [0.15, 0.2) is 18.2 Å². The van der Waals surface area contributed by atoms with Gasteiger partial charge in [-0.1, -0.05) is 6.07 Å². The molecular formula is C14H19N3O3. The summed E-state index contributed by atoms with van der Waals surface area (Å²) in [5.74, 6) is 0.0880. The van der Waals surface area contributed by atoms with Crippen LogP contribution < -0.4 is 5.32 Å². The van der Waals surface area contributed by atoms with E-state index in [-0.39, 0.29) is 22.6 Å². The molecule has 0 spiro atoms. The lowest BCUT2D eigenvalue weighted by Gasteiger charge is -2.32. The summed E-state index contributed by atoms with van der Waals surface area (Å²) >= 11 is 0. The van der Waals surface area contributed by atoms with Crippen LogP contribution in [-0.2, 0) is 4.79 Å². The van der Waals surface area contributed by atoms with Gasteiger partial charge in [0.1, 0.15) is 5.69 Å². The molecule has 1 aliphatic rings. The number of carbonyl (C=O) groups excluding carboxylic acids is 1. The van der Waals surface area contributed by atoms with Crippen LogP contribution in [0, 0.1) is 17.0 Å². The van der Waals surface area contributed by atoms with E-state index in [1.165, 1.54) is 6.07 Å². The zero-order valence-electron chi connectivity index (χ0n) is 11.8. The smallest absolute Gasteiger partial charge is 0.292 e. The molecule has 1 aromatic carbocycles. The first kappa shape index (κ1) is 14.3. The van der Waals surface area contributed by atoms with Gasteiger partial charge in [-0.05, 0) is 31.4 Å². The van der Waals surface area contributed by atoms with Gasteiger partial charge in [0, 0.05) is 32.1 Å². The van der Waals surface area contributed by atoms with Crippen molar-refractivity contribution < 1.29 is 9.72 Å². The van der Waals surface area contributed by atoms with Crippen molar-refractivity contribution in [3.63, 3.8) is 0 Å². The SMILES string of the molecule is CC(=O)N1CCC(Nc2cc(C)ccc2[N+](=O)[O-])CC1. The third-order valence-electron chi connectivity index (χ3n) is 3.65. The lowest BCUT2D eigenvalue weighted by atomic mass is 10.0. The maximum absolute atomic E-state index is 11.3. The Kier molecular flexibility index (Phi) is 4.22. The Morgan fingerprint density at radius 2 is 2.05 bits per heavy atom. The summed E-state index contributed by atoms with van der Waals surface area (Å²) in [4.78, 5) is 23.7. The molecule has 6 heteroatoms. The number of nitrogens with one attached hydrogen (secondary N) is 1. The summed E-state index contributed by atoms with van der Waals surface area (Å²) in [7, 11) is 0. The first-order valence-corrected chi connectivity index (χ1v) is 6.74. The van der Waals surface area contributed by atoms with Crippen molar-refractivity contribution in [1.29, 1.82) is 0 Å². The lowest BCUT2D eigenvalue weighted by Crippen LogP contribution is -2.41. The Morgan fingerprint density at radius 3 is 2.60 bits per heavy atom. The van der Waals surface area contributed by atoms with E-state index >= 15 is 0 Å². The number of amides is 1. The predicted octanol–water partition coefficient (Wildman–Crippen LogP) is 2.33. The fraction of sp³-hybridized carbons (Fsp3) is 0.500. The van der Waals surface area contributed by atoms with Gasteiger partial charge in [-0.25, -0.2) is 0 Å². The third-order valence-corrected chi connectivity index (χ3v) is 3.65. The van der Waals surface area contributed by atoms with E-state index in [0.717, 1.165) is 18.4 Å². The average molecular weight is 277 g/mol. The van der Waals surface area contributed by atoms with Crippen LogP contribution in [0.2, 0.25) is 0 Å². The van der Waals surface area contributed by atoms with Crippen LogP contribution in [0.1, 0.15) is 25.3 Å². The maximum Gasteiger partial charge on any atom is 0.292 e. The van der Waals surface area contributed by atoms with Gasteiger partial charge < -0.3 is 10.2 Å². The minimum absolute atomic E-state index is 0.0880. The van der Waals surface area contributed by atoms with Crippen LogP contribution in [0.5, 0.6) is 0 Å². The molecule has 6 nitrogen and oxygen atoms in total. The van der Waals surface area contributed by atoms with Crippen molar-refractivity contribution in [3.05, 3.63) is 33.9 Å². The Balaban J connectivity index is 2.06. The monoisotopic (exact) mass is 277 g/mol. The molecule has 1 fully saturated rings. The molecule has 1 heterocycles. The van der Waals surface area contributed by atoms with Crippen LogP contribution >= 0.6 is 0 Å². The number of nitro benzene ring substituents is 1. The Morgan fingerprint density at radius 1 is 1.40 bits per heavy atom. The van der Waals surface area contributed by atoms with Crippen molar-refractivity contribution in [2.24, 2.45) is 0 Å². The van der Waals surface area contributed by atoms with Crippen LogP contribution in [0.4, 0.5) is 11.4 Å². The van der Waals surface area contributed by atoms with Crippen molar-refractivity contribution in [1.82, 2.24) is 4.90 Å². The van der Waals surface area contributed by atoms with Gasteiger partial charge in [-0.15, -0.1) is 0 Å². The number of piperidine rings is 1. The number of nitrogens with zero attached hydrogens (tertiary/aromatic N) is 2. The highest BCUT2D eigenvalue weighted by Gasteiger charge is 2.23. The minimum Gasteiger partial charge on any atom is -0.377 e. The minimum atomic E-state index is -0.369. The number of carbonyl (C=O) groups is 1. The Hall–Kier alpha value is -2.11. The van der Waals surface area contributed by atoms with Crippen LogP contribution in [0.3, 0.4) is 0 Å². The highest BCUT2D eigenvalue weighted by molar-refractivity contribution is 5.73. The van der Waals surface area contributed by atoms with Crippen molar-refractivity contribution in [2.75, 3.05) is 18.4 Å². The second kappa shape index (κ2) is 5.90. The second-order valence-corrected chi connectivity index (χ2v) is 5.20. The topological polar surface area (TPSA) is 75.5 Å². The number of benzene rings is 1. The molecule has 0 aromatic heterocycles. The normalized spacial score (nSPS) is 16.0. The van der Waals surface area contributed by atoms with Crippen molar-refractivity contribution in [3.8, 4) is 0 Å². The molecule has 0 bridgehead atoms. The molecule has 0 unspecified atom stereocenters. The Labute approximate surface area is 117 Å². The summed E-state index contributed by atoms with van der Waals surface area (Å²) in [5.41, 5.74) is 1.65. The first-order chi connectivity index (χ1) is 9.47. The van der Waals surface area contributed by atoms with Crippen molar-refractivity contribution >= 4 is 17.3 Å². The molecule has 0 aliphatic carbocycles. The number of hydrogen-bond donors (Lipinski definition) is 1. The summed E-state index contributed by atoms with van der Waals surface area (Å²) in [6.07, 6.45) is 1.62. The quantitative estimate of drug-likeness (QED) is 0.679. The van der Waals surface area contributed by atoms with Gasteiger partial charge in [0.25, 0.3) is 5.69 Å². The summed E-state index contributed by atoms with van der Waals surface area (Å²) < 4.78 is 0. The van der Waals surface area contributed by atoms with Gasteiger partial charge in [-0.3, -0.25) is 14.9 Å². The lowest BCUT2D eigenvalue weighted by molar-refractivity contribution is -0.384. The maximum atomic E-state index is 11.3. The summed E-state index contributed by atoms with van der Waals surface area (Å²) in [6, 6.07) is 5.24. The van der Waals surface area contributed by atoms with Gasteiger partial charge in [-0.2, -0.15) is 0 Å². The van der Waals surface area contributed by atoms with E-state index < -0.39 is 0 Å².